The van der Waals surface area contributed by atoms with Gasteiger partial charge in [0.25, 0.3) is 0 Å². The number of hydrogen-bond acceptors (Lipinski definition) is 0. The van der Waals surface area contributed by atoms with Gasteiger partial charge in [0.15, 0.2) is 0 Å². The number of rotatable bonds is 0. The second-order valence-corrected chi connectivity index (χ2v) is 0. The average Bonchev–Trinajstić information content (AvgIpc) is 0. The zero-order chi connectivity index (χ0) is 0. The van der Waals surface area contributed by atoms with Crippen molar-refractivity contribution >= 4 is 159 Å². The van der Waals surface area contributed by atoms with Crippen molar-refractivity contribution in [2.75, 3.05) is 0 Å². The summed E-state index contributed by atoms with van der Waals surface area (Å²) in [6.07, 6.45) is 0. The van der Waals surface area contributed by atoms with Gasteiger partial charge in [-0.3, -0.25) is 0 Å². The Kier molecular flexibility index (Phi) is 89.9. The van der Waals surface area contributed by atoms with Crippen LogP contribution in [0.2, 0.25) is 0 Å². The van der Waals surface area contributed by atoms with E-state index < -0.39 is 0 Å². The molecule has 0 amide bonds. The first-order chi connectivity index (χ1) is 0. The summed E-state index contributed by atoms with van der Waals surface area (Å²) in [5.74, 6) is 0. The molecule has 0 aromatic heterocycles. The van der Waals surface area contributed by atoms with E-state index in [2.05, 4.69) is 0 Å². The fraction of sp³-hybridized carbons (Fsp3) is 0. The van der Waals surface area contributed by atoms with E-state index in [0.29, 0.717) is 0 Å². The largest absolute Gasteiger partial charge is 0 e. The van der Waals surface area contributed by atoms with Crippen LogP contribution in [0, 0.1) is 0 Å². The molecule has 0 aliphatic rings. The van der Waals surface area contributed by atoms with Gasteiger partial charge in [-0.05, 0) is 0 Å². The summed E-state index contributed by atoms with van der Waals surface area (Å²) in [5.41, 5.74) is 0. The van der Waals surface area contributed by atoms with Crippen LogP contribution in [0.4, 0.5) is 0 Å². The first-order valence-electron chi connectivity index (χ1n) is 0. The molecule has 10 valence electrons. The second-order valence-electron chi connectivity index (χ2n) is 0. The van der Waals surface area contributed by atoms with E-state index in [4.69, 9.17) is 0 Å². The van der Waals surface area contributed by atoms with Crippen molar-refractivity contribution in [2.45, 2.75) is 0 Å². The van der Waals surface area contributed by atoms with Crippen molar-refractivity contribution in [1.29, 1.82) is 0 Å². The predicted octanol–water partition coefficient (Wildman–Crippen LogP) is -1.52. The molecule has 0 saturated heterocycles. The van der Waals surface area contributed by atoms with Gasteiger partial charge < -0.3 is 0 Å². The maximum Gasteiger partial charge on any atom is 0 e. The molecule has 0 spiro atoms. The van der Waals surface area contributed by atoms with E-state index >= 15 is 0 Å². The third-order valence-corrected chi connectivity index (χ3v) is 0. The minimum absolute atomic E-state index is 0. The smallest absolute Gasteiger partial charge is 0 e. The van der Waals surface area contributed by atoms with Crippen LogP contribution >= 0.6 is 0 Å². The van der Waals surface area contributed by atoms with Crippen molar-refractivity contribution in [3.63, 3.8) is 0 Å². The topological polar surface area (TPSA) is 0 Å². The molecular weight excluding hydrogens is 472 g/mol. The minimum Gasteiger partial charge on any atom is 0 e. The molecule has 4 heteroatoms. The van der Waals surface area contributed by atoms with Crippen LogP contribution in [0.15, 0.2) is 0 Å². The average molecular weight is 472 g/mol. The molecule has 0 N–H and O–H groups in total. The molecule has 0 unspecified atom stereocenters. The monoisotopic (exact) mass is 474 g/mol. The van der Waals surface area contributed by atoms with Gasteiger partial charge in [-0.2, -0.15) is 0 Å². The molecule has 0 aromatic carbocycles. The van der Waals surface area contributed by atoms with Crippen LogP contribution in [-0.2, 0) is 0 Å². The molecule has 0 fully saturated rings. The molecule has 0 atom stereocenters. The fourth-order valence-electron chi connectivity index (χ4n) is 0. The Hall–Kier alpha value is 5.23. The van der Waals surface area contributed by atoms with Gasteiger partial charge >= 0.3 is 0 Å². The number of hydrogen-bond donors (Lipinski definition) is 0. The molecule has 10 radical (unpaired) electrons. The minimum atomic E-state index is 0. The Balaban J connectivity index is 0. The van der Waals surface area contributed by atoms with E-state index in [-0.39, 0.29) is 159 Å². The van der Waals surface area contributed by atoms with Crippen molar-refractivity contribution in [3.8, 4) is 0 Å². The van der Waals surface area contributed by atoms with Crippen LogP contribution in [-0.4, -0.2) is 159 Å². The zero-order valence-electron chi connectivity index (χ0n) is 2.62. The quantitative estimate of drug-likeness (QED) is 0.376. The van der Waals surface area contributed by atoms with E-state index in [9.17, 15) is 0 Å². The van der Waals surface area contributed by atoms with Crippen molar-refractivity contribution in [2.24, 2.45) is 0 Å². The molecule has 0 aromatic rings. The first-order valence-corrected chi connectivity index (χ1v) is 0. The predicted molar refractivity (Wildman–Crippen MR) is 23.0 cm³/mol. The third kappa shape index (κ3) is 10.3. The Morgan fingerprint density at radius 3 is 1.00 bits per heavy atom. The van der Waals surface area contributed by atoms with Crippen LogP contribution < -0.4 is 0 Å². The maximum absolute atomic E-state index is 0. The van der Waals surface area contributed by atoms with Crippen LogP contribution in [0.5, 0.6) is 0 Å². The van der Waals surface area contributed by atoms with Crippen LogP contribution in [0.25, 0.3) is 0 Å². The Labute approximate surface area is 154 Å². The third-order valence-electron chi connectivity index (χ3n) is 0. The van der Waals surface area contributed by atoms with E-state index in [0.717, 1.165) is 0 Å². The molecule has 0 heterocycles. The first kappa shape index (κ1) is 22.9. The van der Waals surface area contributed by atoms with Gasteiger partial charge in [-0.25, -0.2) is 0 Å². The summed E-state index contributed by atoms with van der Waals surface area (Å²) in [6, 6.07) is 0. The SMILES string of the molecule is [Ba].[Ca].[Pb].[Sr]. The summed E-state index contributed by atoms with van der Waals surface area (Å²) < 4.78 is 0. The van der Waals surface area contributed by atoms with Gasteiger partial charge in [0.05, 0.1) is 0 Å². The normalized spacial score (nSPS) is 0. The summed E-state index contributed by atoms with van der Waals surface area (Å²) >= 11 is 0. The zero-order valence-corrected chi connectivity index (χ0v) is 16.6. The molecule has 0 nitrogen and oxygen atoms in total. The molecule has 0 rings (SSSR count). The van der Waals surface area contributed by atoms with E-state index in [1.54, 1.807) is 0 Å². The maximum atomic E-state index is 0. The van der Waals surface area contributed by atoms with Crippen molar-refractivity contribution in [3.05, 3.63) is 0 Å². The summed E-state index contributed by atoms with van der Waals surface area (Å²) in [5, 5.41) is 0. The van der Waals surface area contributed by atoms with E-state index in [1.807, 2.05) is 0 Å². The van der Waals surface area contributed by atoms with Crippen molar-refractivity contribution < 1.29 is 0 Å². The summed E-state index contributed by atoms with van der Waals surface area (Å²) in [4.78, 5) is 0. The standard InChI is InChI=1S/Ba.Ca.Pb.Sr. The van der Waals surface area contributed by atoms with Gasteiger partial charge in [0.2, 0.25) is 0 Å². The van der Waals surface area contributed by atoms with Crippen LogP contribution in [0.1, 0.15) is 0 Å². The van der Waals surface area contributed by atoms with Gasteiger partial charge in [0, 0.05) is 159 Å². The molecule has 4 heavy (non-hydrogen) atoms. The molecule has 0 bridgehead atoms. The molecule has 0 aliphatic heterocycles. The van der Waals surface area contributed by atoms with Gasteiger partial charge in [-0.1, -0.05) is 0 Å². The Morgan fingerprint density at radius 1 is 1.00 bits per heavy atom. The second kappa shape index (κ2) is 15.7. The fourth-order valence-corrected chi connectivity index (χ4v) is 0. The van der Waals surface area contributed by atoms with Crippen molar-refractivity contribution in [1.82, 2.24) is 0 Å². The molecule has 0 aliphatic carbocycles. The Morgan fingerprint density at radius 2 is 1.00 bits per heavy atom. The van der Waals surface area contributed by atoms with Crippen LogP contribution in [0.3, 0.4) is 0 Å². The summed E-state index contributed by atoms with van der Waals surface area (Å²) in [6.45, 7) is 0. The molecular formula is BaCaPbSr. The van der Waals surface area contributed by atoms with E-state index in [1.165, 1.54) is 0 Å². The van der Waals surface area contributed by atoms with Gasteiger partial charge in [-0.15, -0.1) is 0 Å². The molecule has 0 saturated carbocycles. The van der Waals surface area contributed by atoms with Gasteiger partial charge in [0.1, 0.15) is 0 Å². The summed E-state index contributed by atoms with van der Waals surface area (Å²) in [7, 11) is 0. The Bertz CT molecular complexity index is 8.00.